The quantitative estimate of drug-likeness (QED) is 0.188. The van der Waals surface area contributed by atoms with Crippen LogP contribution in [0.25, 0.3) is 0 Å². The Labute approximate surface area is 266 Å². The fraction of sp³-hybridized carbons (Fsp3) is 0.212. The maximum absolute atomic E-state index is 14.4. The van der Waals surface area contributed by atoms with E-state index < -0.39 is 28.5 Å². The fourth-order valence-corrected chi connectivity index (χ4v) is 6.64. The molecule has 43 heavy (non-hydrogen) atoms. The number of rotatable bonds is 12. The van der Waals surface area contributed by atoms with Crippen LogP contribution in [-0.2, 0) is 32.6 Å². The smallest absolute Gasteiger partial charge is 0.264 e. The molecule has 0 saturated heterocycles. The summed E-state index contributed by atoms with van der Waals surface area (Å²) in [6.45, 7) is 3.50. The average Bonchev–Trinajstić information content (AvgIpc) is 2.99. The number of likely N-dealkylation sites (N-methyl/N-ethyl adjacent to an activating group) is 1. The molecule has 0 spiro atoms. The van der Waals surface area contributed by atoms with Crippen LogP contribution < -0.4 is 9.62 Å². The van der Waals surface area contributed by atoms with Crippen LogP contribution in [0.4, 0.5) is 5.69 Å². The van der Waals surface area contributed by atoms with E-state index in [1.165, 1.54) is 17.0 Å². The number of amides is 2. The van der Waals surface area contributed by atoms with E-state index in [-0.39, 0.29) is 23.8 Å². The summed E-state index contributed by atoms with van der Waals surface area (Å²) in [5.74, 6) is -0.898. The van der Waals surface area contributed by atoms with Gasteiger partial charge in [-0.05, 0) is 61.4 Å². The molecule has 0 heterocycles. The lowest BCUT2D eigenvalue weighted by Gasteiger charge is -2.34. The lowest BCUT2D eigenvalue weighted by molar-refractivity contribution is -0.140. The molecule has 224 valence electrons. The molecule has 1 N–H and O–H groups in total. The highest BCUT2D eigenvalue weighted by atomic mass is 79.9. The number of hydrogen-bond donors (Lipinski definition) is 1. The highest BCUT2D eigenvalue weighted by Crippen LogP contribution is 2.28. The fourth-order valence-electron chi connectivity index (χ4n) is 4.65. The molecule has 0 fully saturated rings. The van der Waals surface area contributed by atoms with Gasteiger partial charge in [0.25, 0.3) is 10.0 Å². The molecule has 0 aliphatic heterocycles. The van der Waals surface area contributed by atoms with Crippen LogP contribution in [0.5, 0.6) is 0 Å². The molecule has 0 bridgehead atoms. The summed E-state index contributed by atoms with van der Waals surface area (Å²) < 4.78 is 29.9. The first-order valence-corrected chi connectivity index (χ1v) is 16.4. The first kappa shape index (κ1) is 32.3. The lowest BCUT2D eigenvalue weighted by atomic mass is 10.0. The maximum Gasteiger partial charge on any atom is 0.264 e. The van der Waals surface area contributed by atoms with Gasteiger partial charge in [0.2, 0.25) is 11.8 Å². The van der Waals surface area contributed by atoms with Gasteiger partial charge in [-0.25, -0.2) is 8.42 Å². The van der Waals surface area contributed by atoms with E-state index in [1.807, 2.05) is 37.3 Å². The van der Waals surface area contributed by atoms with Crippen LogP contribution in [0.1, 0.15) is 23.6 Å². The number of benzene rings is 4. The van der Waals surface area contributed by atoms with Gasteiger partial charge >= 0.3 is 0 Å². The molecule has 1 atom stereocenters. The predicted octanol–water partition coefficient (Wildman–Crippen LogP) is 6.38. The first-order chi connectivity index (χ1) is 20.6. The van der Waals surface area contributed by atoms with Gasteiger partial charge in [0, 0.05) is 29.0 Å². The van der Waals surface area contributed by atoms with Crippen molar-refractivity contribution in [2.75, 3.05) is 17.4 Å². The number of hydrogen-bond acceptors (Lipinski definition) is 4. The Hall–Kier alpha value is -3.66. The normalized spacial score (nSPS) is 11.9. The number of carbonyl (C=O) groups is 2. The Morgan fingerprint density at radius 1 is 0.907 bits per heavy atom. The van der Waals surface area contributed by atoms with Crippen molar-refractivity contribution in [1.82, 2.24) is 10.2 Å². The summed E-state index contributed by atoms with van der Waals surface area (Å²) >= 11 is 9.94. The van der Waals surface area contributed by atoms with E-state index in [4.69, 9.17) is 11.6 Å². The van der Waals surface area contributed by atoms with Crippen LogP contribution in [0.2, 0.25) is 5.02 Å². The third-order valence-electron chi connectivity index (χ3n) is 6.90. The van der Waals surface area contributed by atoms with E-state index in [1.54, 1.807) is 67.6 Å². The van der Waals surface area contributed by atoms with Crippen molar-refractivity contribution in [3.8, 4) is 0 Å². The SMILES string of the molecule is CCNC(=O)[C@@H](Cc1ccccc1)N(Cc1ccccc1Cl)C(=O)CN(c1cccc(Br)c1)S(=O)(=O)c1ccc(C)cc1. The standard InChI is InChI=1S/C33H33BrClN3O4S/c1-3-36-33(40)31(20-25-10-5-4-6-11-25)37(22-26-12-7-8-15-30(26)35)32(39)23-38(28-14-9-13-27(34)21-28)43(41,42)29-18-16-24(2)17-19-29/h4-19,21,31H,3,20,22-23H2,1-2H3,(H,36,40)/t31-/m1/s1. The highest BCUT2D eigenvalue weighted by Gasteiger charge is 2.34. The van der Waals surface area contributed by atoms with Crippen molar-refractivity contribution in [2.45, 2.75) is 37.8 Å². The predicted molar refractivity (Wildman–Crippen MR) is 174 cm³/mol. The summed E-state index contributed by atoms with van der Waals surface area (Å²) in [6, 6.07) is 28.8. The second kappa shape index (κ2) is 14.7. The van der Waals surface area contributed by atoms with E-state index >= 15 is 0 Å². The van der Waals surface area contributed by atoms with Crippen LogP contribution in [0, 0.1) is 6.92 Å². The molecule has 0 aliphatic rings. The number of nitrogens with zero attached hydrogens (tertiary/aromatic N) is 2. The summed E-state index contributed by atoms with van der Waals surface area (Å²) in [7, 11) is -4.17. The van der Waals surface area contributed by atoms with Crippen molar-refractivity contribution in [1.29, 1.82) is 0 Å². The van der Waals surface area contributed by atoms with Gasteiger partial charge in [-0.3, -0.25) is 13.9 Å². The molecular formula is C33H33BrClN3O4S. The minimum atomic E-state index is -4.17. The average molecular weight is 683 g/mol. The Kier molecular flexibility index (Phi) is 11.0. The second-order valence-electron chi connectivity index (χ2n) is 10.0. The molecule has 4 rings (SSSR count). The van der Waals surface area contributed by atoms with Crippen molar-refractivity contribution in [3.05, 3.63) is 129 Å². The molecule has 0 saturated carbocycles. The largest absolute Gasteiger partial charge is 0.355 e. The molecule has 2 amide bonds. The summed E-state index contributed by atoms with van der Waals surface area (Å²) in [4.78, 5) is 29.4. The molecule has 4 aromatic carbocycles. The van der Waals surface area contributed by atoms with Crippen molar-refractivity contribution < 1.29 is 18.0 Å². The number of halogens is 2. The zero-order valence-electron chi connectivity index (χ0n) is 23.9. The first-order valence-electron chi connectivity index (χ1n) is 13.8. The number of carbonyl (C=O) groups excluding carboxylic acids is 2. The van der Waals surface area contributed by atoms with Gasteiger partial charge in [-0.15, -0.1) is 0 Å². The summed E-state index contributed by atoms with van der Waals surface area (Å²) in [5, 5.41) is 3.29. The molecule has 0 radical (unpaired) electrons. The third kappa shape index (κ3) is 8.25. The molecule has 0 aromatic heterocycles. The molecule has 0 unspecified atom stereocenters. The minimum Gasteiger partial charge on any atom is -0.355 e. The molecule has 0 aliphatic carbocycles. The molecule has 10 heteroatoms. The molecular weight excluding hydrogens is 650 g/mol. The highest BCUT2D eigenvalue weighted by molar-refractivity contribution is 9.10. The topological polar surface area (TPSA) is 86.8 Å². The zero-order valence-corrected chi connectivity index (χ0v) is 27.1. The van der Waals surface area contributed by atoms with Crippen molar-refractivity contribution >= 4 is 55.1 Å². The van der Waals surface area contributed by atoms with Gasteiger partial charge in [0.1, 0.15) is 12.6 Å². The van der Waals surface area contributed by atoms with Crippen LogP contribution in [-0.4, -0.2) is 44.3 Å². The maximum atomic E-state index is 14.4. The van der Waals surface area contributed by atoms with Crippen molar-refractivity contribution in [2.24, 2.45) is 0 Å². The number of sulfonamides is 1. The van der Waals surface area contributed by atoms with Gasteiger partial charge in [0.15, 0.2) is 0 Å². The van der Waals surface area contributed by atoms with E-state index in [0.29, 0.717) is 27.3 Å². The van der Waals surface area contributed by atoms with Gasteiger partial charge in [-0.1, -0.05) is 99.8 Å². The minimum absolute atomic E-state index is 0.00401. The van der Waals surface area contributed by atoms with Crippen molar-refractivity contribution in [3.63, 3.8) is 0 Å². The Balaban J connectivity index is 1.80. The Bertz CT molecular complexity index is 1670. The Morgan fingerprint density at radius 3 is 2.23 bits per heavy atom. The third-order valence-corrected chi connectivity index (χ3v) is 9.55. The van der Waals surface area contributed by atoms with E-state index in [0.717, 1.165) is 15.4 Å². The Morgan fingerprint density at radius 2 is 1.58 bits per heavy atom. The van der Waals surface area contributed by atoms with Crippen LogP contribution in [0.15, 0.2) is 112 Å². The van der Waals surface area contributed by atoms with Gasteiger partial charge in [0.05, 0.1) is 10.6 Å². The number of anilines is 1. The number of nitrogens with one attached hydrogen (secondary N) is 1. The van der Waals surface area contributed by atoms with Gasteiger partial charge < -0.3 is 10.2 Å². The molecule has 4 aromatic rings. The summed E-state index contributed by atoms with van der Waals surface area (Å²) in [6.07, 6.45) is 0.227. The summed E-state index contributed by atoms with van der Waals surface area (Å²) in [5.41, 5.74) is 2.70. The monoisotopic (exact) mass is 681 g/mol. The zero-order chi connectivity index (χ0) is 31.0. The van der Waals surface area contributed by atoms with E-state index in [2.05, 4.69) is 21.2 Å². The van der Waals surface area contributed by atoms with Crippen LogP contribution >= 0.6 is 27.5 Å². The lowest BCUT2D eigenvalue weighted by Crippen LogP contribution is -2.53. The van der Waals surface area contributed by atoms with Gasteiger partial charge in [-0.2, -0.15) is 0 Å². The second-order valence-corrected chi connectivity index (χ2v) is 13.2. The molecule has 7 nitrogen and oxygen atoms in total. The van der Waals surface area contributed by atoms with Crippen LogP contribution in [0.3, 0.4) is 0 Å². The van der Waals surface area contributed by atoms with E-state index in [9.17, 15) is 18.0 Å². The number of aryl methyl sites for hydroxylation is 1.